The first-order valence-corrected chi connectivity index (χ1v) is 8.11. The molecule has 1 N–H and O–H groups in total. The zero-order valence-corrected chi connectivity index (χ0v) is 12.1. The number of para-hydroxylation sites is 1. The molecule has 1 fully saturated rings. The fourth-order valence-corrected chi connectivity index (χ4v) is 3.92. The minimum Gasteiger partial charge on any atom is -0.384 e. The third-order valence-electron chi connectivity index (χ3n) is 4.02. The lowest BCUT2D eigenvalue weighted by Gasteiger charge is -2.37. The predicted molar refractivity (Wildman–Crippen MR) is 80.6 cm³/mol. The molecule has 0 saturated carbocycles. The number of carbonyl (C=O) groups excluding carboxylic acids is 1. The monoisotopic (exact) mass is 276 g/mol. The van der Waals surface area contributed by atoms with Gasteiger partial charge in [-0.15, -0.1) is 0 Å². The van der Waals surface area contributed by atoms with E-state index in [1.54, 1.807) is 0 Å². The summed E-state index contributed by atoms with van der Waals surface area (Å²) in [5.41, 5.74) is 2.46. The minimum atomic E-state index is 0.0976. The Labute approximate surface area is 118 Å². The molecule has 2 heterocycles. The van der Waals surface area contributed by atoms with Gasteiger partial charge >= 0.3 is 0 Å². The molecule has 1 saturated heterocycles. The van der Waals surface area contributed by atoms with E-state index >= 15 is 0 Å². The number of hydrogen-bond donors (Lipinski definition) is 1. The molecule has 19 heavy (non-hydrogen) atoms. The van der Waals surface area contributed by atoms with Gasteiger partial charge in [0.15, 0.2) is 0 Å². The fourth-order valence-electron chi connectivity index (χ4n) is 2.91. The van der Waals surface area contributed by atoms with Crippen molar-refractivity contribution in [3.05, 3.63) is 29.8 Å². The topological polar surface area (TPSA) is 32.3 Å². The maximum absolute atomic E-state index is 12.7. The lowest BCUT2D eigenvalue weighted by atomic mass is 9.92. The van der Waals surface area contributed by atoms with Crippen molar-refractivity contribution in [2.45, 2.75) is 19.4 Å². The van der Waals surface area contributed by atoms with Crippen molar-refractivity contribution in [1.82, 2.24) is 4.90 Å². The van der Waals surface area contributed by atoms with E-state index in [0.717, 1.165) is 31.0 Å². The molecule has 1 amide bonds. The van der Waals surface area contributed by atoms with Gasteiger partial charge in [0.05, 0.1) is 5.92 Å². The Morgan fingerprint density at radius 3 is 3.11 bits per heavy atom. The Kier molecular flexibility index (Phi) is 3.69. The molecule has 4 heteroatoms. The van der Waals surface area contributed by atoms with Gasteiger partial charge in [-0.3, -0.25) is 4.79 Å². The summed E-state index contributed by atoms with van der Waals surface area (Å²) < 4.78 is 0. The summed E-state index contributed by atoms with van der Waals surface area (Å²) in [5.74, 6) is 2.57. The van der Waals surface area contributed by atoms with E-state index < -0.39 is 0 Å². The number of fused-ring (bicyclic) bond motifs is 1. The summed E-state index contributed by atoms with van der Waals surface area (Å²) in [7, 11) is 0. The van der Waals surface area contributed by atoms with Gasteiger partial charge in [0.2, 0.25) is 5.91 Å². The second-order valence-corrected chi connectivity index (χ2v) is 6.54. The highest BCUT2D eigenvalue weighted by atomic mass is 32.2. The van der Waals surface area contributed by atoms with E-state index in [1.165, 1.54) is 11.3 Å². The summed E-state index contributed by atoms with van der Waals surface area (Å²) in [4.78, 5) is 14.7. The summed E-state index contributed by atoms with van der Waals surface area (Å²) in [5, 5.41) is 3.39. The maximum atomic E-state index is 12.7. The number of nitrogens with one attached hydrogen (secondary N) is 1. The zero-order chi connectivity index (χ0) is 13.2. The van der Waals surface area contributed by atoms with Gasteiger partial charge in [-0.05, 0) is 25.0 Å². The highest BCUT2D eigenvalue weighted by Crippen LogP contribution is 2.27. The first-order valence-electron chi connectivity index (χ1n) is 6.95. The summed E-state index contributed by atoms with van der Waals surface area (Å²) in [6.45, 7) is 3.84. The van der Waals surface area contributed by atoms with Crippen molar-refractivity contribution >= 4 is 23.4 Å². The van der Waals surface area contributed by atoms with E-state index in [4.69, 9.17) is 0 Å². The van der Waals surface area contributed by atoms with Crippen molar-refractivity contribution in [2.24, 2.45) is 5.92 Å². The second kappa shape index (κ2) is 5.45. The maximum Gasteiger partial charge on any atom is 0.228 e. The van der Waals surface area contributed by atoms with Crippen LogP contribution in [0.5, 0.6) is 0 Å². The van der Waals surface area contributed by atoms with Gasteiger partial charge in [0, 0.05) is 36.3 Å². The van der Waals surface area contributed by atoms with Crippen LogP contribution in [0.1, 0.15) is 12.5 Å². The average molecular weight is 276 g/mol. The van der Waals surface area contributed by atoms with E-state index in [2.05, 4.69) is 29.3 Å². The first-order chi connectivity index (χ1) is 9.25. The van der Waals surface area contributed by atoms with Gasteiger partial charge in [0.1, 0.15) is 0 Å². The van der Waals surface area contributed by atoms with Crippen LogP contribution in [0.2, 0.25) is 0 Å². The van der Waals surface area contributed by atoms with Crippen LogP contribution in [0.3, 0.4) is 0 Å². The molecular weight excluding hydrogens is 256 g/mol. The Hall–Kier alpha value is -1.16. The molecule has 1 aromatic carbocycles. The number of carbonyl (C=O) groups is 1. The Morgan fingerprint density at radius 2 is 2.26 bits per heavy atom. The molecule has 1 aromatic rings. The minimum absolute atomic E-state index is 0.0976. The quantitative estimate of drug-likeness (QED) is 0.854. The lowest BCUT2D eigenvalue weighted by Crippen LogP contribution is -2.49. The molecule has 0 bridgehead atoms. The number of rotatable bonds is 1. The van der Waals surface area contributed by atoms with Gasteiger partial charge < -0.3 is 10.2 Å². The third kappa shape index (κ3) is 2.59. The molecule has 0 radical (unpaired) electrons. The fraction of sp³-hybridized carbons (Fsp3) is 0.533. The SMILES string of the molecule is CC1CSCCN1C(=O)C1CNc2ccccc2C1. The molecule has 3 rings (SSSR count). The molecule has 0 aliphatic carbocycles. The van der Waals surface area contributed by atoms with Crippen LogP contribution < -0.4 is 5.32 Å². The molecule has 2 aliphatic heterocycles. The van der Waals surface area contributed by atoms with Crippen molar-refractivity contribution in [2.75, 3.05) is 29.9 Å². The molecule has 102 valence electrons. The van der Waals surface area contributed by atoms with Crippen molar-refractivity contribution in [3.8, 4) is 0 Å². The Bertz CT molecular complexity index is 477. The van der Waals surface area contributed by atoms with E-state index in [1.807, 2.05) is 23.9 Å². The first kappa shape index (κ1) is 12.9. The van der Waals surface area contributed by atoms with Crippen LogP contribution in [0.25, 0.3) is 0 Å². The van der Waals surface area contributed by atoms with Crippen LogP contribution in [-0.2, 0) is 11.2 Å². The van der Waals surface area contributed by atoms with Crippen LogP contribution >= 0.6 is 11.8 Å². The largest absolute Gasteiger partial charge is 0.384 e. The number of anilines is 1. The summed E-state index contributed by atoms with van der Waals surface area (Å²) in [6.07, 6.45) is 0.873. The van der Waals surface area contributed by atoms with Crippen molar-refractivity contribution in [3.63, 3.8) is 0 Å². The smallest absolute Gasteiger partial charge is 0.228 e. The normalized spacial score (nSPS) is 26.5. The molecule has 2 unspecified atom stereocenters. The van der Waals surface area contributed by atoms with Gasteiger partial charge in [-0.2, -0.15) is 11.8 Å². The zero-order valence-electron chi connectivity index (χ0n) is 11.3. The van der Waals surface area contributed by atoms with Gasteiger partial charge in [-0.25, -0.2) is 0 Å². The second-order valence-electron chi connectivity index (χ2n) is 5.39. The van der Waals surface area contributed by atoms with Crippen LogP contribution in [0.4, 0.5) is 5.69 Å². The number of amides is 1. The van der Waals surface area contributed by atoms with Crippen molar-refractivity contribution < 1.29 is 4.79 Å². The summed E-state index contributed by atoms with van der Waals surface area (Å²) >= 11 is 1.95. The standard InChI is InChI=1S/C15H20N2OS/c1-11-10-19-7-6-17(11)15(18)13-8-12-4-2-3-5-14(12)16-9-13/h2-5,11,13,16H,6-10H2,1H3. The van der Waals surface area contributed by atoms with Crippen LogP contribution in [0.15, 0.2) is 24.3 Å². The van der Waals surface area contributed by atoms with Crippen LogP contribution in [-0.4, -0.2) is 41.4 Å². The Morgan fingerprint density at radius 1 is 1.42 bits per heavy atom. The molecule has 0 aromatic heterocycles. The highest BCUT2D eigenvalue weighted by Gasteiger charge is 2.31. The predicted octanol–water partition coefficient (Wildman–Crippen LogP) is 2.23. The third-order valence-corrected chi connectivity index (χ3v) is 5.21. The average Bonchev–Trinajstić information content (AvgIpc) is 2.46. The van der Waals surface area contributed by atoms with Crippen molar-refractivity contribution in [1.29, 1.82) is 0 Å². The van der Waals surface area contributed by atoms with Gasteiger partial charge in [-0.1, -0.05) is 18.2 Å². The number of benzene rings is 1. The van der Waals surface area contributed by atoms with E-state index in [-0.39, 0.29) is 5.92 Å². The molecule has 0 spiro atoms. The van der Waals surface area contributed by atoms with E-state index in [9.17, 15) is 4.79 Å². The Balaban J connectivity index is 1.72. The van der Waals surface area contributed by atoms with Crippen LogP contribution in [0, 0.1) is 5.92 Å². The summed E-state index contributed by atoms with van der Waals surface area (Å²) in [6, 6.07) is 8.68. The molecule has 2 atom stereocenters. The molecule has 3 nitrogen and oxygen atoms in total. The molecule has 2 aliphatic rings. The van der Waals surface area contributed by atoms with Gasteiger partial charge in [0.25, 0.3) is 0 Å². The van der Waals surface area contributed by atoms with E-state index in [0.29, 0.717) is 11.9 Å². The lowest BCUT2D eigenvalue weighted by molar-refractivity contribution is -0.136. The number of nitrogens with zero attached hydrogens (tertiary/aromatic N) is 1. The highest BCUT2D eigenvalue weighted by molar-refractivity contribution is 7.99. The molecular formula is C15H20N2OS. The number of hydrogen-bond acceptors (Lipinski definition) is 3. The number of thioether (sulfide) groups is 1.